The van der Waals surface area contributed by atoms with Crippen LogP contribution < -0.4 is 5.32 Å². The van der Waals surface area contributed by atoms with Crippen molar-refractivity contribution < 1.29 is 9.59 Å². The fourth-order valence-electron chi connectivity index (χ4n) is 4.10. The Bertz CT molecular complexity index is 1070. The second-order valence-corrected chi connectivity index (χ2v) is 8.08. The standard InChI is InChI=1S/C25H27N3O2/c1-17-10-11-22-20(14-17)21(15-18(2)26-22)24(29)27-23(16-19-8-4-3-5-9-19)25(30)28-12-6-7-13-28/h3-5,8-11,14-15,23H,6-7,12-13,16H2,1-2H3,(H,27,29). The predicted octanol–water partition coefficient (Wildman–Crippen LogP) is 3.82. The number of benzene rings is 2. The summed E-state index contributed by atoms with van der Waals surface area (Å²) in [6.45, 7) is 5.40. The van der Waals surface area contributed by atoms with E-state index >= 15 is 0 Å². The second kappa shape index (κ2) is 8.66. The molecule has 1 fully saturated rings. The largest absolute Gasteiger partial charge is 0.341 e. The van der Waals surface area contributed by atoms with Crippen LogP contribution in [0.2, 0.25) is 0 Å². The third-order valence-electron chi connectivity index (χ3n) is 5.64. The van der Waals surface area contributed by atoms with E-state index in [1.54, 1.807) is 6.07 Å². The third-order valence-corrected chi connectivity index (χ3v) is 5.64. The quantitative estimate of drug-likeness (QED) is 0.707. The van der Waals surface area contributed by atoms with E-state index in [0.29, 0.717) is 12.0 Å². The van der Waals surface area contributed by atoms with Crippen molar-refractivity contribution >= 4 is 22.7 Å². The molecule has 154 valence electrons. The Morgan fingerprint density at radius 3 is 2.50 bits per heavy atom. The first kappa shape index (κ1) is 20.1. The molecule has 2 amide bonds. The summed E-state index contributed by atoms with van der Waals surface area (Å²) in [5.74, 6) is -0.236. The van der Waals surface area contributed by atoms with Crippen molar-refractivity contribution in [2.24, 2.45) is 0 Å². The number of aryl methyl sites for hydroxylation is 2. The zero-order valence-corrected chi connectivity index (χ0v) is 17.5. The highest BCUT2D eigenvalue weighted by molar-refractivity contribution is 6.07. The summed E-state index contributed by atoms with van der Waals surface area (Å²) >= 11 is 0. The maximum Gasteiger partial charge on any atom is 0.252 e. The van der Waals surface area contributed by atoms with Gasteiger partial charge in [0.05, 0.1) is 11.1 Å². The monoisotopic (exact) mass is 401 g/mol. The fourth-order valence-corrected chi connectivity index (χ4v) is 4.10. The van der Waals surface area contributed by atoms with E-state index < -0.39 is 6.04 Å². The zero-order valence-electron chi connectivity index (χ0n) is 17.5. The summed E-state index contributed by atoms with van der Waals surface area (Å²) in [7, 11) is 0. The molecule has 0 saturated carbocycles. The fraction of sp³-hybridized carbons (Fsp3) is 0.320. The van der Waals surface area contributed by atoms with Gasteiger partial charge in [0.2, 0.25) is 5.91 Å². The second-order valence-electron chi connectivity index (χ2n) is 8.08. The number of fused-ring (bicyclic) bond motifs is 1. The molecule has 0 bridgehead atoms. The number of hydrogen-bond acceptors (Lipinski definition) is 3. The van der Waals surface area contributed by atoms with Crippen LogP contribution in [0.5, 0.6) is 0 Å². The molecule has 1 unspecified atom stereocenters. The van der Waals surface area contributed by atoms with Crippen molar-refractivity contribution in [3.05, 3.63) is 77.0 Å². The average molecular weight is 402 g/mol. The number of carbonyl (C=O) groups excluding carboxylic acids is 2. The van der Waals surface area contributed by atoms with Gasteiger partial charge in [0, 0.05) is 30.6 Å². The number of nitrogens with zero attached hydrogens (tertiary/aromatic N) is 2. The zero-order chi connectivity index (χ0) is 21.1. The van der Waals surface area contributed by atoms with Crippen LogP contribution in [0.25, 0.3) is 10.9 Å². The van der Waals surface area contributed by atoms with Gasteiger partial charge in [-0.3, -0.25) is 14.6 Å². The molecular weight excluding hydrogens is 374 g/mol. The number of carbonyl (C=O) groups is 2. The summed E-state index contributed by atoms with van der Waals surface area (Å²) < 4.78 is 0. The molecule has 1 saturated heterocycles. The number of hydrogen-bond donors (Lipinski definition) is 1. The Labute approximate surface area is 177 Å². The summed E-state index contributed by atoms with van der Waals surface area (Å²) in [6, 6.07) is 17.0. The minimum Gasteiger partial charge on any atom is -0.341 e. The van der Waals surface area contributed by atoms with Crippen LogP contribution in [-0.2, 0) is 11.2 Å². The molecule has 2 heterocycles. The lowest BCUT2D eigenvalue weighted by atomic mass is 10.0. The van der Waals surface area contributed by atoms with Gasteiger partial charge in [-0.15, -0.1) is 0 Å². The molecule has 0 radical (unpaired) electrons. The van der Waals surface area contributed by atoms with E-state index in [2.05, 4.69) is 10.3 Å². The molecule has 2 aromatic carbocycles. The highest BCUT2D eigenvalue weighted by atomic mass is 16.2. The smallest absolute Gasteiger partial charge is 0.252 e. The molecule has 1 aliphatic heterocycles. The molecule has 0 spiro atoms. The van der Waals surface area contributed by atoms with E-state index in [9.17, 15) is 9.59 Å². The van der Waals surface area contributed by atoms with Crippen LogP contribution in [0.1, 0.15) is 40.0 Å². The van der Waals surface area contributed by atoms with Crippen LogP contribution in [0.3, 0.4) is 0 Å². The number of amides is 2. The lowest BCUT2D eigenvalue weighted by Gasteiger charge is -2.24. The minimum absolute atomic E-state index is 0.00373. The summed E-state index contributed by atoms with van der Waals surface area (Å²) in [6.07, 6.45) is 2.51. The Morgan fingerprint density at radius 1 is 1.03 bits per heavy atom. The first-order valence-corrected chi connectivity index (χ1v) is 10.5. The van der Waals surface area contributed by atoms with Gasteiger partial charge in [-0.1, -0.05) is 42.0 Å². The number of rotatable bonds is 5. The van der Waals surface area contributed by atoms with Gasteiger partial charge >= 0.3 is 0 Å². The summed E-state index contributed by atoms with van der Waals surface area (Å²) in [4.78, 5) is 33.0. The Morgan fingerprint density at radius 2 is 1.77 bits per heavy atom. The van der Waals surface area contributed by atoms with E-state index in [-0.39, 0.29) is 11.8 Å². The van der Waals surface area contributed by atoms with Gasteiger partial charge in [-0.2, -0.15) is 0 Å². The lowest BCUT2D eigenvalue weighted by Crippen LogP contribution is -2.49. The van der Waals surface area contributed by atoms with Crippen LogP contribution in [0, 0.1) is 13.8 Å². The van der Waals surface area contributed by atoms with E-state index in [1.807, 2.05) is 67.3 Å². The van der Waals surface area contributed by atoms with Gasteiger partial charge < -0.3 is 10.2 Å². The maximum absolute atomic E-state index is 13.3. The molecule has 5 heteroatoms. The van der Waals surface area contributed by atoms with E-state index in [1.165, 1.54) is 0 Å². The maximum atomic E-state index is 13.3. The lowest BCUT2D eigenvalue weighted by molar-refractivity contribution is -0.132. The van der Waals surface area contributed by atoms with Crippen molar-refractivity contribution in [1.82, 2.24) is 15.2 Å². The first-order chi connectivity index (χ1) is 14.5. The third kappa shape index (κ3) is 4.35. The van der Waals surface area contributed by atoms with Crippen molar-refractivity contribution in [1.29, 1.82) is 0 Å². The van der Waals surface area contributed by atoms with Crippen molar-refractivity contribution in [3.63, 3.8) is 0 Å². The van der Waals surface area contributed by atoms with Gasteiger partial charge in [0.25, 0.3) is 5.91 Å². The topological polar surface area (TPSA) is 62.3 Å². The normalized spacial score (nSPS) is 14.7. The van der Waals surface area contributed by atoms with Crippen LogP contribution >= 0.6 is 0 Å². The van der Waals surface area contributed by atoms with Crippen molar-refractivity contribution in [3.8, 4) is 0 Å². The molecule has 4 rings (SSSR count). The Hall–Kier alpha value is -3.21. The molecule has 0 aliphatic carbocycles. The molecule has 1 N–H and O–H groups in total. The number of pyridine rings is 1. The molecular formula is C25H27N3O2. The van der Waals surface area contributed by atoms with Crippen molar-refractivity contribution in [2.45, 2.75) is 39.2 Å². The van der Waals surface area contributed by atoms with Gasteiger partial charge in [0.15, 0.2) is 0 Å². The van der Waals surface area contributed by atoms with Crippen LogP contribution in [0.4, 0.5) is 0 Å². The van der Waals surface area contributed by atoms with E-state index in [0.717, 1.165) is 53.7 Å². The summed E-state index contributed by atoms with van der Waals surface area (Å²) in [5, 5.41) is 3.85. The molecule has 1 atom stereocenters. The minimum atomic E-state index is -0.591. The van der Waals surface area contributed by atoms with Gasteiger partial charge in [-0.25, -0.2) is 0 Å². The van der Waals surface area contributed by atoms with E-state index in [4.69, 9.17) is 0 Å². The highest BCUT2D eigenvalue weighted by Gasteiger charge is 2.28. The number of likely N-dealkylation sites (tertiary alicyclic amines) is 1. The van der Waals surface area contributed by atoms with Gasteiger partial charge in [-0.05, 0) is 50.5 Å². The SMILES string of the molecule is Cc1ccc2nc(C)cc(C(=O)NC(Cc3ccccc3)C(=O)N3CCCC3)c2c1. The number of nitrogens with one attached hydrogen (secondary N) is 1. The van der Waals surface area contributed by atoms with Crippen LogP contribution in [-0.4, -0.2) is 40.8 Å². The highest BCUT2D eigenvalue weighted by Crippen LogP contribution is 2.21. The van der Waals surface area contributed by atoms with Crippen LogP contribution in [0.15, 0.2) is 54.6 Å². The Balaban J connectivity index is 1.65. The van der Waals surface area contributed by atoms with Gasteiger partial charge in [0.1, 0.15) is 6.04 Å². The molecule has 30 heavy (non-hydrogen) atoms. The molecule has 1 aromatic heterocycles. The van der Waals surface area contributed by atoms with Crippen molar-refractivity contribution in [2.75, 3.05) is 13.1 Å². The number of aromatic nitrogens is 1. The first-order valence-electron chi connectivity index (χ1n) is 10.5. The molecule has 1 aliphatic rings. The Kier molecular flexibility index (Phi) is 5.79. The summed E-state index contributed by atoms with van der Waals surface area (Å²) in [5.41, 5.74) is 4.23. The molecule has 5 nitrogen and oxygen atoms in total. The average Bonchev–Trinajstić information content (AvgIpc) is 3.28. The molecule has 3 aromatic rings. The predicted molar refractivity (Wildman–Crippen MR) is 118 cm³/mol.